The average molecular weight is 952 g/mol. The van der Waals surface area contributed by atoms with Crippen molar-refractivity contribution in [2.24, 2.45) is 0 Å². The minimum absolute atomic E-state index is 0.0163. The third-order valence-electron chi connectivity index (χ3n) is 9.28. The summed E-state index contributed by atoms with van der Waals surface area (Å²) in [6.07, 6.45) is -23.9. The summed E-state index contributed by atoms with van der Waals surface area (Å²) in [5.74, 6) is -8.94. The highest BCUT2D eigenvalue weighted by atomic mass is 16.8. The highest BCUT2D eigenvalue weighted by molar-refractivity contribution is 5.74. The number of nitrogens with one attached hydrogen (secondary N) is 1. The highest BCUT2D eigenvalue weighted by Gasteiger charge is 2.59. The SMILES string of the molecule is CCOC1OC(COC(C)=O)C(OC2OC(COC(C)=O)C(OC3OC(COC(C)=O)C(OC(C)=O)C(OC(C)=O)C3OC(C)=O)C(OC(C)=O)C2OC(C)=O)C(OC(C)=O)C1NC(C)=O. The molecule has 3 saturated heterocycles. The van der Waals surface area contributed by atoms with E-state index in [2.05, 4.69) is 5.32 Å². The van der Waals surface area contributed by atoms with Crippen LogP contribution in [0.25, 0.3) is 0 Å². The normalized spacial score (nSPS) is 31.7. The Morgan fingerprint density at radius 3 is 1.03 bits per heavy atom. The van der Waals surface area contributed by atoms with Gasteiger partial charge < -0.3 is 76.4 Å². The fourth-order valence-electron chi connectivity index (χ4n) is 7.16. The predicted octanol–water partition coefficient (Wildman–Crippen LogP) is -1.25. The van der Waals surface area contributed by atoms with Gasteiger partial charge in [-0.25, -0.2) is 0 Å². The topological polar surface area (TPSA) is 321 Å². The molecule has 0 aromatic heterocycles. The van der Waals surface area contributed by atoms with Crippen molar-refractivity contribution in [3.63, 3.8) is 0 Å². The third-order valence-corrected chi connectivity index (χ3v) is 9.28. The van der Waals surface area contributed by atoms with Crippen LogP contribution in [0.15, 0.2) is 0 Å². The van der Waals surface area contributed by atoms with Gasteiger partial charge >= 0.3 is 53.7 Å². The smallest absolute Gasteiger partial charge is 0.303 e. The van der Waals surface area contributed by atoms with Crippen molar-refractivity contribution in [3.8, 4) is 0 Å². The second-order valence-corrected chi connectivity index (χ2v) is 14.9. The molecule has 0 spiro atoms. The largest absolute Gasteiger partial charge is 0.463 e. The summed E-state index contributed by atoms with van der Waals surface area (Å²) in [7, 11) is 0. The van der Waals surface area contributed by atoms with Crippen molar-refractivity contribution < 1.29 is 119 Å². The molecule has 0 aliphatic carbocycles. The molecule has 26 nitrogen and oxygen atoms in total. The molecule has 1 amide bonds. The van der Waals surface area contributed by atoms with E-state index in [0.717, 1.165) is 69.2 Å². The van der Waals surface area contributed by atoms with Crippen LogP contribution < -0.4 is 5.32 Å². The molecule has 3 aliphatic heterocycles. The van der Waals surface area contributed by atoms with Crippen LogP contribution in [0, 0.1) is 0 Å². The summed E-state index contributed by atoms with van der Waals surface area (Å²) in [6, 6.07) is -1.32. The van der Waals surface area contributed by atoms with E-state index in [4.69, 9.17) is 71.1 Å². The summed E-state index contributed by atoms with van der Waals surface area (Å²) >= 11 is 0. The van der Waals surface area contributed by atoms with Gasteiger partial charge in [-0.15, -0.1) is 0 Å². The van der Waals surface area contributed by atoms with Crippen molar-refractivity contribution in [3.05, 3.63) is 0 Å². The Labute approximate surface area is 378 Å². The molecule has 0 radical (unpaired) electrons. The molecule has 0 aromatic rings. The summed E-state index contributed by atoms with van der Waals surface area (Å²) in [5.41, 5.74) is 0. The average Bonchev–Trinajstić information content (AvgIpc) is 3.17. The van der Waals surface area contributed by atoms with E-state index in [1.165, 1.54) is 0 Å². The Hall–Kier alpha value is -5.54. The molecule has 66 heavy (non-hydrogen) atoms. The summed E-state index contributed by atoms with van der Waals surface area (Å²) in [6.45, 7) is 9.92. The zero-order valence-electron chi connectivity index (χ0n) is 38.2. The number of ether oxygens (including phenoxy) is 15. The molecule has 372 valence electrons. The number of carbonyl (C=O) groups excluding carboxylic acids is 10. The molecule has 1 N–H and O–H groups in total. The first-order valence-corrected chi connectivity index (χ1v) is 20.5. The maximum absolute atomic E-state index is 13.0. The molecule has 3 heterocycles. The number of rotatable bonds is 19. The first kappa shape index (κ1) is 54.8. The highest BCUT2D eigenvalue weighted by Crippen LogP contribution is 2.38. The number of amides is 1. The van der Waals surface area contributed by atoms with E-state index in [-0.39, 0.29) is 6.61 Å². The van der Waals surface area contributed by atoms with Gasteiger partial charge in [0.05, 0.1) is 0 Å². The molecule has 3 aliphatic rings. The lowest BCUT2D eigenvalue weighted by atomic mass is 9.94. The molecule has 3 fully saturated rings. The number of hydrogen-bond acceptors (Lipinski definition) is 25. The fraction of sp³-hybridized carbons (Fsp3) is 0.750. The van der Waals surface area contributed by atoms with Crippen molar-refractivity contribution >= 4 is 59.6 Å². The molecule has 15 unspecified atom stereocenters. The Morgan fingerprint density at radius 2 is 0.682 bits per heavy atom. The number of carbonyl (C=O) groups is 10. The Bertz CT molecular complexity index is 1770. The van der Waals surface area contributed by atoms with Crippen molar-refractivity contribution in [2.75, 3.05) is 26.4 Å². The standard InChI is InChI=1S/C40H57NO25/c1-12-52-38-29(41-16(2)42)33(57-21(7)47)30(26(62-38)13-53-17(3)43)65-39-37(61-25(11)51)35(59-23(9)49)32(28(64-39)15-55-19(5)45)66-40-36(60-24(10)50)34(58-22(8)48)31(56-20(6)46)27(63-40)14-54-18(4)44/h26-40H,12-15H2,1-11H3,(H,41,42). The number of esters is 9. The summed E-state index contributed by atoms with van der Waals surface area (Å²) in [5, 5.41) is 2.60. The molecular weight excluding hydrogens is 894 g/mol. The van der Waals surface area contributed by atoms with Gasteiger partial charge in [-0.1, -0.05) is 0 Å². The molecule has 0 bridgehead atoms. The molecule has 0 aromatic carbocycles. The monoisotopic (exact) mass is 951 g/mol. The van der Waals surface area contributed by atoms with E-state index in [1.54, 1.807) is 6.92 Å². The van der Waals surface area contributed by atoms with Crippen LogP contribution in [0.5, 0.6) is 0 Å². The van der Waals surface area contributed by atoms with Crippen LogP contribution in [0.3, 0.4) is 0 Å². The first-order chi connectivity index (χ1) is 30.9. The van der Waals surface area contributed by atoms with Gasteiger partial charge in [-0.3, -0.25) is 47.9 Å². The van der Waals surface area contributed by atoms with Crippen LogP contribution in [-0.2, 0) is 119 Å². The Balaban J connectivity index is 2.29. The lowest BCUT2D eigenvalue weighted by Crippen LogP contribution is -2.70. The van der Waals surface area contributed by atoms with Gasteiger partial charge in [0.2, 0.25) is 5.91 Å². The molecular formula is C40H57NO25. The fourth-order valence-corrected chi connectivity index (χ4v) is 7.16. The van der Waals surface area contributed by atoms with Crippen LogP contribution in [0.1, 0.15) is 76.2 Å². The maximum atomic E-state index is 13.0. The first-order valence-electron chi connectivity index (χ1n) is 20.5. The van der Waals surface area contributed by atoms with Gasteiger partial charge in [0, 0.05) is 75.8 Å². The number of hydrogen-bond donors (Lipinski definition) is 1. The third kappa shape index (κ3) is 16.4. The van der Waals surface area contributed by atoms with Gasteiger partial charge in [0.15, 0.2) is 55.5 Å². The minimum atomic E-state index is -1.96. The van der Waals surface area contributed by atoms with Gasteiger partial charge in [-0.2, -0.15) is 0 Å². The quantitative estimate of drug-likeness (QED) is 0.117. The van der Waals surface area contributed by atoms with Crippen LogP contribution in [0.4, 0.5) is 0 Å². The molecule has 26 heteroatoms. The summed E-state index contributed by atoms with van der Waals surface area (Å²) < 4.78 is 86.4. The Kier molecular flexibility index (Phi) is 21.1. The second-order valence-electron chi connectivity index (χ2n) is 14.9. The van der Waals surface area contributed by atoms with Crippen molar-refractivity contribution in [1.82, 2.24) is 5.32 Å². The summed E-state index contributed by atoms with van der Waals surface area (Å²) in [4.78, 5) is 125. The lowest BCUT2D eigenvalue weighted by Gasteiger charge is -2.50. The van der Waals surface area contributed by atoms with Gasteiger partial charge in [0.1, 0.15) is 56.4 Å². The zero-order valence-corrected chi connectivity index (χ0v) is 38.2. The zero-order chi connectivity index (χ0) is 49.6. The lowest BCUT2D eigenvalue weighted by molar-refractivity contribution is -0.375. The van der Waals surface area contributed by atoms with Crippen molar-refractivity contribution in [1.29, 1.82) is 0 Å². The van der Waals surface area contributed by atoms with E-state index in [0.29, 0.717) is 0 Å². The molecule has 15 atom stereocenters. The predicted molar refractivity (Wildman–Crippen MR) is 208 cm³/mol. The molecule has 3 rings (SSSR count). The van der Waals surface area contributed by atoms with Crippen LogP contribution in [0.2, 0.25) is 0 Å². The van der Waals surface area contributed by atoms with Crippen LogP contribution >= 0.6 is 0 Å². The maximum Gasteiger partial charge on any atom is 0.303 e. The van der Waals surface area contributed by atoms with E-state index >= 15 is 0 Å². The van der Waals surface area contributed by atoms with E-state index in [1.807, 2.05) is 0 Å². The van der Waals surface area contributed by atoms with Crippen LogP contribution in [-0.4, -0.2) is 178 Å². The van der Waals surface area contributed by atoms with Gasteiger partial charge in [-0.05, 0) is 6.92 Å². The Morgan fingerprint density at radius 1 is 0.379 bits per heavy atom. The van der Waals surface area contributed by atoms with Crippen molar-refractivity contribution in [2.45, 2.75) is 168 Å². The molecule has 0 saturated carbocycles. The second kappa shape index (κ2) is 25.4. The van der Waals surface area contributed by atoms with E-state index < -0.39 is 172 Å². The van der Waals surface area contributed by atoms with E-state index in [9.17, 15) is 47.9 Å². The van der Waals surface area contributed by atoms with Gasteiger partial charge in [0.25, 0.3) is 0 Å². The minimum Gasteiger partial charge on any atom is -0.463 e.